The molecule has 1 nitrogen and oxygen atoms in total. The van der Waals surface area contributed by atoms with Gasteiger partial charge in [0, 0.05) is 0 Å². The SMILES string of the molecule is C1=C\C=C\C2OC2\C=C/1. The maximum absolute atomic E-state index is 5.22. The lowest BCUT2D eigenvalue weighted by molar-refractivity contribution is 0.413. The molecule has 1 aliphatic carbocycles. The fourth-order valence-corrected chi connectivity index (χ4v) is 0.921. The summed E-state index contributed by atoms with van der Waals surface area (Å²) in [5.74, 6) is 0. The van der Waals surface area contributed by atoms with Crippen molar-refractivity contribution in [3.63, 3.8) is 0 Å². The fourth-order valence-electron chi connectivity index (χ4n) is 0.921. The van der Waals surface area contributed by atoms with Gasteiger partial charge in [-0.25, -0.2) is 0 Å². The second-order valence-corrected chi connectivity index (χ2v) is 2.22. The van der Waals surface area contributed by atoms with Crippen LogP contribution in [0.5, 0.6) is 0 Å². The molecular weight excluding hydrogens is 112 g/mol. The van der Waals surface area contributed by atoms with Gasteiger partial charge in [0.15, 0.2) is 0 Å². The lowest BCUT2D eigenvalue weighted by Crippen LogP contribution is -1.84. The highest BCUT2D eigenvalue weighted by atomic mass is 16.6. The molecule has 0 radical (unpaired) electrons. The highest BCUT2D eigenvalue weighted by Crippen LogP contribution is 2.25. The third-order valence-corrected chi connectivity index (χ3v) is 1.50. The molecule has 46 valence electrons. The van der Waals surface area contributed by atoms with Gasteiger partial charge in [0.25, 0.3) is 0 Å². The van der Waals surface area contributed by atoms with Crippen molar-refractivity contribution in [1.29, 1.82) is 0 Å². The molecule has 1 heterocycles. The summed E-state index contributed by atoms with van der Waals surface area (Å²) < 4.78 is 5.22. The van der Waals surface area contributed by atoms with Crippen LogP contribution in [0.2, 0.25) is 0 Å². The largest absolute Gasteiger partial charge is 0.361 e. The Morgan fingerprint density at radius 2 is 1.33 bits per heavy atom. The number of ether oxygens (including phenoxy) is 1. The van der Waals surface area contributed by atoms with E-state index in [4.69, 9.17) is 4.74 Å². The van der Waals surface area contributed by atoms with Crippen LogP contribution in [0.4, 0.5) is 0 Å². The number of allylic oxidation sites excluding steroid dienone is 4. The monoisotopic (exact) mass is 120 g/mol. The van der Waals surface area contributed by atoms with Crippen LogP contribution in [0.3, 0.4) is 0 Å². The minimum absolute atomic E-state index is 0.367. The average Bonchev–Trinajstić information content (AvgIpc) is 2.46. The molecule has 2 rings (SSSR count). The van der Waals surface area contributed by atoms with E-state index in [1.54, 1.807) is 0 Å². The van der Waals surface area contributed by atoms with Gasteiger partial charge in [0.2, 0.25) is 0 Å². The van der Waals surface area contributed by atoms with Crippen LogP contribution < -0.4 is 0 Å². The topological polar surface area (TPSA) is 12.5 Å². The molecule has 0 aromatic carbocycles. The molecule has 0 aromatic heterocycles. The van der Waals surface area contributed by atoms with Crippen molar-refractivity contribution < 1.29 is 4.74 Å². The lowest BCUT2D eigenvalue weighted by Gasteiger charge is -1.80. The quantitative estimate of drug-likeness (QED) is 0.440. The van der Waals surface area contributed by atoms with Crippen molar-refractivity contribution in [2.24, 2.45) is 0 Å². The molecule has 2 unspecified atom stereocenters. The molecule has 9 heavy (non-hydrogen) atoms. The first-order chi connectivity index (χ1) is 4.47. The van der Waals surface area contributed by atoms with Crippen molar-refractivity contribution in [1.82, 2.24) is 0 Å². The zero-order valence-electron chi connectivity index (χ0n) is 5.03. The van der Waals surface area contributed by atoms with Crippen LogP contribution in [-0.4, -0.2) is 12.2 Å². The second-order valence-electron chi connectivity index (χ2n) is 2.22. The van der Waals surface area contributed by atoms with Crippen molar-refractivity contribution in [2.75, 3.05) is 0 Å². The Hall–Kier alpha value is -0.820. The summed E-state index contributed by atoms with van der Waals surface area (Å²) in [4.78, 5) is 0. The van der Waals surface area contributed by atoms with E-state index in [0.29, 0.717) is 12.2 Å². The number of epoxide rings is 1. The van der Waals surface area contributed by atoms with E-state index < -0.39 is 0 Å². The van der Waals surface area contributed by atoms with Gasteiger partial charge < -0.3 is 4.74 Å². The van der Waals surface area contributed by atoms with Crippen LogP contribution in [-0.2, 0) is 4.74 Å². The van der Waals surface area contributed by atoms with E-state index in [2.05, 4.69) is 12.2 Å². The summed E-state index contributed by atoms with van der Waals surface area (Å²) in [6.45, 7) is 0. The molecule has 0 spiro atoms. The van der Waals surface area contributed by atoms with E-state index in [1.165, 1.54) is 0 Å². The molecule has 1 fully saturated rings. The van der Waals surface area contributed by atoms with E-state index in [-0.39, 0.29) is 0 Å². The number of fused-ring (bicyclic) bond motifs is 1. The first-order valence-corrected chi connectivity index (χ1v) is 3.14. The molecule has 0 amide bonds. The zero-order valence-corrected chi connectivity index (χ0v) is 5.03. The maximum atomic E-state index is 5.22. The number of rotatable bonds is 0. The number of hydrogen-bond acceptors (Lipinski definition) is 1. The Kier molecular flexibility index (Phi) is 1.03. The third-order valence-electron chi connectivity index (χ3n) is 1.50. The average molecular weight is 120 g/mol. The van der Waals surface area contributed by atoms with E-state index >= 15 is 0 Å². The molecule has 2 aliphatic rings. The Morgan fingerprint density at radius 1 is 0.778 bits per heavy atom. The predicted molar refractivity (Wildman–Crippen MR) is 36.1 cm³/mol. The second kappa shape index (κ2) is 1.85. The molecule has 1 aliphatic heterocycles. The van der Waals surface area contributed by atoms with Gasteiger partial charge in [0.1, 0.15) is 12.2 Å². The van der Waals surface area contributed by atoms with Crippen molar-refractivity contribution >= 4 is 0 Å². The highest BCUT2D eigenvalue weighted by Gasteiger charge is 2.33. The Balaban J connectivity index is 2.19. The van der Waals surface area contributed by atoms with Crippen molar-refractivity contribution in [2.45, 2.75) is 12.2 Å². The highest BCUT2D eigenvalue weighted by molar-refractivity contribution is 5.22. The van der Waals surface area contributed by atoms with Crippen LogP contribution in [0.25, 0.3) is 0 Å². The minimum atomic E-state index is 0.367. The van der Waals surface area contributed by atoms with Gasteiger partial charge in [-0.15, -0.1) is 0 Å². The molecule has 0 N–H and O–H groups in total. The Bertz CT molecular complexity index is 169. The van der Waals surface area contributed by atoms with Gasteiger partial charge in [-0.2, -0.15) is 0 Å². The smallest absolute Gasteiger partial charge is 0.107 e. The molecule has 0 aromatic rings. The van der Waals surface area contributed by atoms with Gasteiger partial charge >= 0.3 is 0 Å². The normalized spacial score (nSPS) is 48.0. The Morgan fingerprint density at radius 3 is 1.89 bits per heavy atom. The van der Waals surface area contributed by atoms with Crippen LogP contribution in [0.1, 0.15) is 0 Å². The Labute approximate surface area is 54.3 Å². The molecule has 2 atom stereocenters. The molecule has 1 saturated heterocycles. The maximum Gasteiger partial charge on any atom is 0.107 e. The summed E-state index contributed by atoms with van der Waals surface area (Å²) in [5.41, 5.74) is 0. The van der Waals surface area contributed by atoms with Gasteiger partial charge in [-0.05, 0) is 0 Å². The third kappa shape index (κ3) is 0.958. The van der Waals surface area contributed by atoms with Gasteiger partial charge in [-0.3, -0.25) is 0 Å². The van der Waals surface area contributed by atoms with Gasteiger partial charge in [-0.1, -0.05) is 36.5 Å². The summed E-state index contributed by atoms with van der Waals surface area (Å²) >= 11 is 0. The first-order valence-electron chi connectivity index (χ1n) is 3.14. The molecule has 0 saturated carbocycles. The first kappa shape index (κ1) is 5.00. The van der Waals surface area contributed by atoms with E-state index in [1.807, 2.05) is 24.3 Å². The van der Waals surface area contributed by atoms with Gasteiger partial charge in [0.05, 0.1) is 0 Å². The van der Waals surface area contributed by atoms with Crippen LogP contribution in [0.15, 0.2) is 36.5 Å². The summed E-state index contributed by atoms with van der Waals surface area (Å²) in [5, 5.41) is 0. The molecule has 1 heteroatoms. The fraction of sp³-hybridized carbons (Fsp3) is 0.250. The predicted octanol–water partition coefficient (Wildman–Crippen LogP) is 1.44. The van der Waals surface area contributed by atoms with Crippen molar-refractivity contribution in [3.8, 4) is 0 Å². The standard InChI is InChI=1S/C8H8O/c1-2-4-6-8-7(9-8)5-3-1/h1-8H/b2-1-,5-3-,6-4+. The molecule has 0 bridgehead atoms. The summed E-state index contributed by atoms with van der Waals surface area (Å²) in [6.07, 6.45) is 12.9. The molecular formula is C8H8O. The van der Waals surface area contributed by atoms with E-state index in [0.717, 1.165) is 0 Å². The summed E-state index contributed by atoms with van der Waals surface area (Å²) in [7, 11) is 0. The lowest BCUT2D eigenvalue weighted by atomic mass is 10.2. The summed E-state index contributed by atoms with van der Waals surface area (Å²) in [6, 6.07) is 0. The van der Waals surface area contributed by atoms with Crippen LogP contribution in [0, 0.1) is 0 Å². The van der Waals surface area contributed by atoms with E-state index in [9.17, 15) is 0 Å². The zero-order chi connectivity index (χ0) is 6.10. The minimum Gasteiger partial charge on any atom is -0.361 e. The van der Waals surface area contributed by atoms with Crippen LogP contribution >= 0.6 is 0 Å². The van der Waals surface area contributed by atoms with Crippen molar-refractivity contribution in [3.05, 3.63) is 36.5 Å². The number of hydrogen-bond donors (Lipinski definition) is 0.